The lowest BCUT2D eigenvalue weighted by atomic mass is 9.92. The first-order valence-electron chi connectivity index (χ1n) is 4.51. The molecule has 4 heteroatoms. The topological polar surface area (TPSA) is 49.8 Å². The van der Waals surface area contributed by atoms with Crippen molar-refractivity contribution in [2.75, 3.05) is 19.7 Å². The lowest BCUT2D eigenvalue weighted by Gasteiger charge is -2.36. The normalized spacial score (nSPS) is 25.4. The van der Waals surface area contributed by atoms with Crippen LogP contribution in [0.3, 0.4) is 0 Å². The molecule has 0 bridgehead atoms. The molecule has 2 heterocycles. The van der Waals surface area contributed by atoms with Crippen LogP contribution in [0, 0.1) is 0 Å². The highest BCUT2D eigenvalue weighted by atomic mass is 16.5. The van der Waals surface area contributed by atoms with Crippen LogP contribution in [0.15, 0.2) is 12.2 Å². The van der Waals surface area contributed by atoms with E-state index in [0.29, 0.717) is 19.7 Å². The van der Waals surface area contributed by atoms with E-state index in [1.165, 1.54) is 4.90 Å². The highest BCUT2D eigenvalue weighted by molar-refractivity contribution is 5.65. The van der Waals surface area contributed by atoms with Crippen LogP contribution < -0.4 is 0 Å². The SMILES string of the molecule is O=C(O)N1CCC2(C=CCO2)CC1. The van der Waals surface area contributed by atoms with E-state index in [1.54, 1.807) is 0 Å². The lowest BCUT2D eigenvalue weighted by molar-refractivity contribution is -0.0194. The zero-order valence-electron chi connectivity index (χ0n) is 7.40. The minimum absolute atomic E-state index is 0.147. The maximum absolute atomic E-state index is 10.6. The molecule has 0 radical (unpaired) electrons. The smallest absolute Gasteiger partial charge is 0.407 e. The molecular weight excluding hydrogens is 170 g/mol. The molecule has 72 valence electrons. The fourth-order valence-electron chi connectivity index (χ4n) is 1.91. The molecule has 0 aromatic carbocycles. The molecule has 0 aromatic heterocycles. The molecule has 13 heavy (non-hydrogen) atoms. The van der Waals surface area contributed by atoms with Gasteiger partial charge in [0.2, 0.25) is 0 Å². The molecule has 0 atom stereocenters. The largest absolute Gasteiger partial charge is 0.465 e. The Kier molecular flexibility index (Phi) is 2.00. The van der Waals surface area contributed by atoms with Crippen LogP contribution in [0.2, 0.25) is 0 Å². The number of ether oxygens (including phenoxy) is 1. The average molecular weight is 183 g/mol. The molecule has 1 saturated heterocycles. The number of piperidine rings is 1. The summed E-state index contributed by atoms with van der Waals surface area (Å²) < 4.78 is 5.58. The van der Waals surface area contributed by atoms with E-state index < -0.39 is 6.09 Å². The second-order valence-corrected chi connectivity index (χ2v) is 3.55. The third-order valence-corrected chi connectivity index (χ3v) is 2.77. The Morgan fingerprint density at radius 1 is 1.46 bits per heavy atom. The van der Waals surface area contributed by atoms with Gasteiger partial charge in [-0.3, -0.25) is 0 Å². The molecule has 2 rings (SSSR count). The Morgan fingerprint density at radius 2 is 2.15 bits per heavy atom. The summed E-state index contributed by atoms with van der Waals surface area (Å²) in [6.45, 7) is 1.84. The van der Waals surface area contributed by atoms with Gasteiger partial charge >= 0.3 is 6.09 Å². The molecule has 4 nitrogen and oxygen atoms in total. The van der Waals surface area contributed by atoms with E-state index in [-0.39, 0.29) is 5.60 Å². The third-order valence-electron chi connectivity index (χ3n) is 2.77. The Morgan fingerprint density at radius 3 is 2.62 bits per heavy atom. The summed E-state index contributed by atoms with van der Waals surface area (Å²) in [5.74, 6) is 0. The minimum Gasteiger partial charge on any atom is -0.465 e. The quantitative estimate of drug-likeness (QED) is 0.572. The molecule has 1 N–H and O–H groups in total. The van der Waals surface area contributed by atoms with Gasteiger partial charge in [0, 0.05) is 13.1 Å². The van der Waals surface area contributed by atoms with E-state index in [9.17, 15) is 4.79 Å². The minimum atomic E-state index is -0.822. The molecule has 0 saturated carbocycles. The van der Waals surface area contributed by atoms with Crippen LogP contribution in [0.5, 0.6) is 0 Å². The summed E-state index contributed by atoms with van der Waals surface area (Å²) in [4.78, 5) is 12.1. The number of hydrogen-bond acceptors (Lipinski definition) is 2. The van der Waals surface area contributed by atoms with Crippen LogP contribution in [0.1, 0.15) is 12.8 Å². The lowest BCUT2D eigenvalue weighted by Crippen LogP contribution is -2.45. The summed E-state index contributed by atoms with van der Waals surface area (Å²) in [5.41, 5.74) is -0.147. The van der Waals surface area contributed by atoms with Gasteiger partial charge in [-0.25, -0.2) is 4.79 Å². The highest BCUT2D eigenvalue weighted by Crippen LogP contribution is 2.30. The Hall–Kier alpha value is -1.03. The van der Waals surface area contributed by atoms with E-state index in [4.69, 9.17) is 9.84 Å². The van der Waals surface area contributed by atoms with E-state index >= 15 is 0 Å². The number of rotatable bonds is 0. The molecule has 2 aliphatic heterocycles. The molecule has 1 spiro atoms. The Balaban J connectivity index is 1.96. The predicted octanol–water partition coefficient (Wildman–Crippen LogP) is 1.09. The van der Waals surface area contributed by atoms with Crippen molar-refractivity contribution in [1.29, 1.82) is 0 Å². The summed E-state index contributed by atoms with van der Waals surface area (Å²) in [6.07, 6.45) is 4.84. The second-order valence-electron chi connectivity index (χ2n) is 3.55. The molecular formula is C9H13NO3. The van der Waals surface area contributed by atoms with E-state index in [2.05, 4.69) is 6.08 Å². The predicted molar refractivity (Wildman–Crippen MR) is 46.7 cm³/mol. The first-order chi connectivity index (χ1) is 6.22. The van der Waals surface area contributed by atoms with Gasteiger partial charge in [-0.1, -0.05) is 12.2 Å². The van der Waals surface area contributed by atoms with Gasteiger partial charge in [-0.15, -0.1) is 0 Å². The summed E-state index contributed by atoms with van der Waals surface area (Å²) in [5, 5.41) is 8.74. The standard InChI is InChI=1S/C9H13NO3/c11-8(12)10-5-3-9(4-6-10)2-1-7-13-9/h1-2H,3-7H2,(H,11,12). The van der Waals surface area contributed by atoms with Gasteiger partial charge in [0.25, 0.3) is 0 Å². The van der Waals surface area contributed by atoms with Crippen molar-refractivity contribution in [3.05, 3.63) is 12.2 Å². The van der Waals surface area contributed by atoms with Gasteiger partial charge in [0.05, 0.1) is 12.2 Å². The van der Waals surface area contributed by atoms with Crippen molar-refractivity contribution in [3.8, 4) is 0 Å². The maximum atomic E-state index is 10.6. The molecule has 0 aromatic rings. The summed E-state index contributed by atoms with van der Waals surface area (Å²) in [6, 6.07) is 0. The van der Waals surface area contributed by atoms with Crippen LogP contribution in [0.25, 0.3) is 0 Å². The third kappa shape index (κ3) is 1.54. The molecule has 1 amide bonds. The molecule has 1 fully saturated rings. The van der Waals surface area contributed by atoms with Crippen molar-refractivity contribution < 1.29 is 14.6 Å². The fraction of sp³-hybridized carbons (Fsp3) is 0.667. The number of carboxylic acid groups (broad SMARTS) is 1. The average Bonchev–Trinajstić information content (AvgIpc) is 2.54. The number of carbonyl (C=O) groups is 1. The number of likely N-dealkylation sites (tertiary alicyclic amines) is 1. The van der Waals surface area contributed by atoms with E-state index in [1.807, 2.05) is 6.08 Å². The zero-order valence-corrected chi connectivity index (χ0v) is 7.40. The van der Waals surface area contributed by atoms with Crippen molar-refractivity contribution in [2.24, 2.45) is 0 Å². The van der Waals surface area contributed by atoms with Crippen LogP contribution in [-0.2, 0) is 4.74 Å². The van der Waals surface area contributed by atoms with Gasteiger partial charge in [0.1, 0.15) is 0 Å². The fourth-order valence-corrected chi connectivity index (χ4v) is 1.91. The summed E-state index contributed by atoms with van der Waals surface area (Å²) >= 11 is 0. The van der Waals surface area contributed by atoms with Gasteiger partial charge in [-0.05, 0) is 12.8 Å². The van der Waals surface area contributed by atoms with Gasteiger partial charge < -0.3 is 14.7 Å². The van der Waals surface area contributed by atoms with Crippen LogP contribution in [0.4, 0.5) is 4.79 Å². The van der Waals surface area contributed by atoms with Crippen molar-refractivity contribution in [1.82, 2.24) is 4.90 Å². The molecule has 2 aliphatic rings. The Bertz CT molecular complexity index is 241. The monoisotopic (exact) mass is 183 g/mol. The Labute approximate surface area is 76.8 Å². The number of amides is 1. The number of hydrogen-bond donors (Lipinski definition) is 1. The number of nitrogens with zero attached hydrogens (tertiary/aromatic N) is 1. The van der Waals surface area contributed by atoms with Crippen molar-refractivity contribution in [2.45, 2.75) is 18.4 Å². The molecule has 0 unspecified atom stereocenters. The first kappa shape index (κ1) is 8.56. The van der Waals surface area contributed by atoms with Crippen molar-refractivity contribution >= 4 is 6.09 Å². The van der Waals surface area contributed by atoms with Crippen molar-refractivity contribution in [3.63, 3.8) is 0 Å². The molecule has 0 aliphatic carbocycles. The summed E-state index contributed by atoms with van der Waals surface area (Å²) in [7, 11) is 0. The van der Waals surface area contributed by atoms with Crippen LogP contribution in [-0.4, -0.2) is 41.4 Å². The van der Waals surface area contributed by atoms with Gasteiger partial charge in [-0.2, -0.15) is 0 Å². The van der Waals surface area contributed by atoms with Crippen LogP contribution >= 0.6 is 0 Å². The van der Waals surface area contributed by atoms with E-state index in [0.717, 1.165) is 12.8 Å². The van der Waals surface area contributed by atoms with Gasteiger partial charge in [0.15, 0.2) is 0 Å². The second kappa shape index (κ2) is 3.03. The highest BCUT2D eigenvalue weighted by Gasteiger charge is 2.36. The zero-order chi connectivity index (χ0) is 9.31. The maximum Gasteiger partial charge on any atom is 0.407 e. The first-order valence-corrected chi connectivity index (χ1v) is 4.51.